The van der Waals surface area contributed by atoms with Crippen LogP contribution in [0.3, 0.4) is 0 Å². The molecular weight excluding hydrogens is 193 g/mol. The topological polar surface area (TPSA) is 21.3 Å². The SMILES string of the molecule is COc1ccc(C(CF)NC(C)C)cc1. The van der Waals surface area contributed by atoms with Gasteiger partial charge in [0.05, 0.1) is 13.2 Å². The second kappa shape index (κ2) is 5.71. The summed E-state index contributed by atoms with van der Waals surface area (Å²) < 4.78 is 17.8. The summed E-state index contributed by atoms with van der Waals surface area (Å²) in [4.78, 5) is 0. The van der Waals surface area contributed by atoms with Crippen LogP contribution in [-0.4, -0.2) is 19.8 Å². The Hall–Kier alpha value is -1.09. The lowest BCUT2D eigenvalue weighted by atomic mass is 10.1. The van der Waals surface area contributed by atoms with Crippen molar-refractivity contribution >= 4 is 0 Å². The van der Waals surface area contributed by atoms with E-state index in [0.29, 0.717) is 0 Å². The number of methoxy groups -OCH3 is 1. The zero-order valence-electron chi connectivity index (χ0n) is 9.46. The Balaban J connectivity index is 2.74. The molecule has 1 aromatic rings. The Morgan fingerprint density at radius 1 is 1.27 bits per heavy atom. The predicted molar refractivity (Wildman–Crippen MR) is 60.0 cm³/mol. The van der Waals surface area contributed by atoms with Gasteiger partial charge in [-0.2, -0.15) is 0 Å². The van der Waals surface area contributed by atoms with Crippen LogP contribution in [0.15, 0.2) is 24.3 Å². The fraction of sp³-hybridized carbons (Fsp3) is 0.500. The molecule has 1 atom stereocenters. The summed E-state index contributed by atoms with van der Waals surface area (Å²) in [6, 6.07) is 7.51. The van der Waals surface area contributed by atoms with E-state index < -0.39 is 6.67 Å². The lowest BCUT2D eigenvalue weighted by molar-refractivity contribution is 0.361. The molecule has 84 valence electrons. The first-order valence-corrected chi connectivity index (χ1v) is 5.13. The predicted octanol–water partition coefficient (Wildman–Crippen LogP) is 2.70. The Labute approximate surface area is 90.4 Å². The first kappa shape index (κ1) is 12.0. The molecule has 0 amide bonds. The molecule has 0 fully saturated rings. The maximum atomic E-state index is 12.8. The third-order valence-electron chi connectivity index (χ3n) is 2.21. The molecule has 0 saturated carbocycles. The minimum absolute atomic E-state index is 0.226. The highest BCUT2D eigenvalue weighted by atomic mass is 19.1. The van der Waals surface area contributed by atoms with Crippen molar-refractivity contribution in [3.63, 3.8) is 0 Å². The maximum absolute atomic E-state index is 12.8. The summed E-state index contributed by atoms with van der Waals surface area (Å²) in [5.74, 6) is 0.793. The van der Waals surface area contributed by atoms with Crippen LogP contribution in [0, 0.1) is 0 Å². The van der Waals surface area contributed by atoms with Crippen molar-refractivity contribution < 1.29 is 9.13 Å². The minimum Gasteiger partial charge on any atom is -0.497 e. The van der Waals surface area contributed by atoms with Gasteiger partial charge in [-0.25, -0.2) is 4.39 Å². The van der Waals surface area contributed by atoms with Crippen LogP contribution in [-0.2, 0) is 0 Å². The van der Waals surface area contributed by atoms with Gasteiger partial charge in [-0.3, -0.25) is 0 Å². The van der Waals surface area contributed by atoms with E-state index in [0.717, 1.165) is 11.3 Å². The summed E-state index contributed by atoms with van der Waals surface area (Å²) in [7, 11) is 1.62. The number of rotatable bonds is 5. The van der Waals surface area contributed by atoms with E-state index >= 15 is 0 Å². The molecule has 0 heterocycles. The van der Waals surface area contributed by atoms with E-state index in [1.165, 1.54) is 0 Å². The Bertz CT molecular complexity index is 284. The molecule has 1 unspecified atom stereocenters. The fourth-order valence-electron chi connectivity index (χ4n) is 1.47. The van der Waals surface area contributed by atoms with Gasteiger partial charge in [0, 0.05) is 6.04 Å². The van der Waals surface area contributed by atoms with E-state index in [9.17, 15) is 4.39 Å². The van der Waals surface area contributed by atoms with Crippen LogP contribution in [0.25, 0.3) is 0 Å². The Kier molecular flexibility index (Phi) is 4.56. The van der Waals surface area contributed by atoms with Gasteiger partial charge in [0.15, 0.2) is 0 Å². The number of alkyl halides is 1. The molecule has 3 heteroatoms. The van der Waals surface area contributed by atoms with Gasteiger partial charge < -0.3 is 10.1 Å². The van der Waals surface area contributed by atoms with Crippen LogP contribution in [0.2, 0.25) is 0 Å². The summed E-state index contributed by atoms with van der Waals surface area (Å²) >= 11 is 0. The standard InChI is InChI=1S/C12H18FNO/c1-9(2)14-12(8-13)10-4-6-11(15-3)7-5-10/h4-7,9,12,14H,8H2,1-3H3. The van der Waals surface area contributed by atoms with E-state index in [1.54, 1.807) is 7.11 Å². The van der Waals surface area contributed by atoms with Gasteiger partial charge in [-0.05, 0) is 17.7 Å². The molecule has 0 aliphatic carbocycles. The summed E-state index contributed by atoms with van der Waals surface area (Å²) in [5.41, 5.74) is 0.951. The molecule has 15 heavy (non-hydrogen) atoms. The van der Waals surface area contributed by atoms with Crippen molar-refractivity contribution in [2.24, 2.45) is 0 Å². The summed E-state index contributed by atoms with van der Waals surface area (Å²) in [5, 5.41) is 3.17. The number of nitrogens with one attached hydrogen (secondary N) is 1. The lowest BCUT2D eigenvalue weighted by Crippen LogP contribution is -2.29. The van der Waals surface area contributed by atoms with E-state index in [1.807, 2.05) is 38.1 Å². The van der Waals surface area contributed by atoms with Crippen LogP contribution >= 0.6 is 0 Å². The molecule has 0 aliphatic heterocycles. The highest BCUT2D eigenvalue weighted by molar-refractivity contribution is 5.29. The normalized spacial score (nSPS) is 12.9. The molecule has 1 aromatic carbocycles. The molecule has 0 radical (unpaired) electrons. The molecule has 0 aromatic heterocycles. The molecule has 0 aliphatic rings. The molecule has 2 nitrogen and oxygen atoms in total. The molecule has 0 bridgehead atoms. The van der Waals surface area contributed by atoms with Gasteiger partial charge in [0.2, 0.25) is 0 Å². The van der Waals surface area contributed by atoms with Gasteiger partial charge >= 0.3 is 0 Å². The summed E-state index contributed by atoms with van der Waals surface area (Å²) in [6.07, 6.45) is 0. The Morgan fingerprint density at radius 3 is 2.27 bits per heavy atom. The van der Waals surface area contributed by atoms with Gasteiger partial charge in [-0.1, -0.05) is 26.0 Å². The van der Waals surface area contributed by atoms with Crippen molar-refractivity contribution in [2.45, 2.75) is 25.9 Å². The second-order valence-electron chi connectivity index (χ2n) is 3.80. The van der Waals surface area contributed by atoms with Crippen LogP contribution < -0.4 is 10.1 Å². The lowest BCUT2D eigenvalue weighted by Gasteiger charge is -2.18. The highest BCUT2D eigenvalue weighted by Crippen LogP contribution is 2.18. The van der Waals surface area contributed by atoms with Crippen molar-refractivity contribution in [1.82, 2.24) is 5.32 Å². The molecule has 0 spiro atoms. The molecule has 0 saturated heterocycles. The first-order valence-electron chi connectivity index (χ1n) is 5.13. The molecule has 1 N–H and O–H groups in total. The zero-order valence-corrected chi connectivity index (χ0v) is 9.46. The quantitative estimate of drug-likeness (QED) is 0.808. The van der Waals surface area contributed by atoms with Gasteiger partial charge in [-0.15, -0.1) is 0 Å². The smallest absolute Gasteiger partial charge is 0.118 e. The molecular formula is C12H18FNO. The maximum Gasteiger partial charge on any atom is 0.118 e. The number of halogens is 1. The van der Waals surface area contributed by atoms with Gasteiger partial charge in [0.1, 0.15) is 12.4 Å². The van der Waals surface area contributed by atoms with E-state index in [2.05, 4.69) is 5.32 Å². The van der Waals surface area contributed by atoms with Crippen molar-refractivity contribution in [2.75, 3.05) is 13.8 Å². The number of ether oxygens (including phenoxy) is 1. The van der Waals surface area contributed by atoms with Gasteiger partial charge in [0.25, 0.3) is 0 Å². The van der Waals surface area contributed by atoms with Crippen LogP contribution in [0.1, 0.15) is 25.5 Å². The minimum atomic E-state index is -0.398. The zero-order chi connectivity index (χ0) is 11.3. The van der Waals surface area contributed by atoms with Crippen molar-refractivity contribution in [3.05, 3.63) is 29.8 Å². The monoisotopic (exact) mass is 211 g/mol. The number of hydrogen-bond acceptors (Lipinski definition) is 2. The Morgan fingerprint density at radius 2 is 1.87 bits per heavy atom. The average Bonchev–Trinajstić information content (AvgIpc) is 2.26. The van der Waals surface area contributed by atoms with Crippen LogP contribution in [0.4, 0.5) is 4.39 Å². The fourth-order valence-corrected chi connectivity index (χ4v) is 1.47. The van der Waals surface area contributed by atoms with E-state index in [4.69, 9.17) is 4.74 Å². The van der Waals surface area contributed by atoms with Crippen LogP contribution in [0.5, 0.6) is 5.75 Å². The third-order valence-corrected chi connectivity index (χ3v) is 2.21. The largest absolute Gasteiger partial charge is 0.497 e. The number of benzene rings is 1. The second-order valence-corrected chi connectivity index (χ2v) is 3.80. The van der Waals surface area contributed by atoms with E-state index in [-0.39, 0.29) is 12.1 Å². The van der Waals surface area contributed by atoms with Crippen molar-refractivity contribution in [1.29, 1.82) is 0 Å². The molecule has 1 rings (SSSR count). The third kappa shape index (κ3) is 3.51. The number of hydrogen-bond donors (Lipinski definition) is 1. The first-order chi connectivity index (χ1) is 7.17. The highest BCUT2D eigenvalue weighted by Gasteiger charge is 2.11. The average molecular weight is 211 g/mol. The summed E-state index contributed by atoms with van der Waals surface area (Å²) in [6.45, 7) is 3.61. The van der Waals surface area contributed by atoms with Crippen molar-refractivity contribution in [3.8, 4) is 5.75 Å².